The maximum absolute atomic E-state index is 3.65. The van der Waals surface area contributed by atoms with Crippen LogP contribution in [0.15, 0.2) is 24.3 Å². The molecule has 1 nitrogen and oxygen atoms in total. The molecule has 3 rings (SSSR count). The molecular formula is C17H25N. The Morgan fingerprint density at radius 1 is 0.944 bits per heavy atom. The van der Waals surface area contributed by atoms with Crippen molar-refractivity contribution in [1.82, 2.24) is 5.32 Å². The van der Waals surface area contributed by atoms with Gasteiger partial charge in [0.15, 0.2) is 0 Å². The van der Waals surface area contributed by atoms with Crippen LogP contribution in [0.25, 0.3) is 0 Å². The smallest absolute Gasteiger partial charge is 0.0136 e. The predicted octanol–water partition coefficient (Wildman–Crippen LogP) is 4.20. The first-order valence-corrected chi connectivity index (χ1v) is 7.71. The van der Waals surface area contributed by atoms with Crippen LogP contribution in [0.1, 0.15) is 68.4 Å². The van der Waals surface area contributed by atoms with Crippen LogP contribution in [-0.2, 0) is 0 Å². The summed E-state index contributed by atoms with van der Waals surface area (Å²) in [6.45, 7) is 3.32. The van der Waals surface area contributed by atoms with E-state index in [-0.39, 0.29) is 0 Å². The molecule has 1 N–H and O–H groups in total. The largest absolute Gasteiger partial charge is 0.314 e. The Morgan fingerprint density at radius 2 is 1.61 bits per heavy atom. The summed E-state index contributed by atoms with van der Waals surface area (Å²) in [4.78, 5) is 0. The number of hydrogen-bond acceptors (Lipinski definition) is 1. The molecule has 1 aromatic carbocycles. The Labute approximate surface area is 111 Å². The van der Waals surface area contributed by atoms with E-state index in [1.165, 1.54) is 38.5 Å². The molecule has 2 aliphatic carbocycles. The van der Waals surface area contributed by atoms with Crippen molar-refractivity contribution in [3.8, 4) is 0 Å². The summed E-state index contributed by atoms with van der Waals surface area (Å²) in [6, 6.07) is 10.3. The molecule has 0 radical (unpaired) electrons. The van der Waals surface area contributed by atoms with Gasteiger partial charge in [-0.25, -0.2) is 0 Å². The average Bonchev–Trinajstić information content (AvgIpc) is 2.77. The predicted molar refractivity (Wildman–Crippen MR) is 77.1 cm³/mol. The molecule has 0 aromatic heterocycles. The van der Waals surface area contributed by atoms with Gasteiger partial charge in [0.2, 0.25) is 0 Å². The molecule has 0 amide bonds. The second-order valence-electron chi connectivity index (χ2n) is 6.00. The zero-order valence-corrected chi connectivity index (χ0v) is 11.5. The lowest BCUT2D eigenvalue weighted by Crippen LogP contribution is -2.30. The Hall–Kier alpha value is -0.820. The molecule has 0 bridgehead atoms. The van der Waals surface area contributed by atoms with Gasteiger partial charge in [-0.3, -0.25) is 0 Å². The molecule has 2 fully saturated rings. The number of nitrogens with one attached hydrogen (secondary N) is 1. The van der Waals surface area contributed by atoms with Crippen molar-refractivity contribution in [2.24, 2.45) is 0 Å². The fraction of sp³-hybridized carbons (Fsp3) is 0.647. The summed E-state index contributed by atoms with van der Waals surface area (Å²) in [5, 5.41) is 3.65. The first-order valence-electron chi connectivity index (χ1n) is 7.71. The molecule has 2 atom stereocenters. The highest BCUT2D eigenvalue weighted by Gasteiger charge is 2.28. The van der Waals surface area contributed by atoms with Crippen LogP contribution in [0.5, 0.6) is 0 Å². The summed E-state index contributed by atoms with van der Waals surface area (Å²) in [7, 11) is 0. The molecule has 2 unspecified atom stereocenters. The van der Waals surface area contributed by atoms with Crippen LogP contribution >= 0.6 is 0 Å². The van der Waals surface area contributed by atoms with Gasteiger partial charge in [-0.15, -0.1) is 0 Å². The maximum atomic E-state index is 3.65. The van der Waals surface area contributed by atoms with E-state index in [4.69, 9.17) is 0 Å². The van der Waals surface area contributed by atoms with E-state index < -0.39 is 0 Å². The van der Waals surface area contributed by atoms with Crippen molar-refractivity contribution in [3.63, 3.8) is 0 Å². The van der Waals surface area contributed by atoms with Gasteiger partial charge in [-0.2, -0.15) is 0 Å². The van der Waals surface area contributed by atoms with Crippen molar-refractivity contribution < 1.29 is 0 Å². The van der Waals surface area contributed by atoms with Crippen molar-refractivity contribution in [1.29, 1.82) is 0 Å². The minimum atomic E-state index is 0.713. The van der Waals surface area contributed by atoms with Gasteiger partial charge in [0.1, 0.15) is 0 Å². The zero-order chi connectivity index (χ0) is 12.4. The maximum Gasteiger partial charge on any atom is 0.0136 e. The van der Waals surface area contributed by atoms with Gasteiger partial charge >= 0.3 is 0 Å². The normalized spacial score (nSPS) is 28.3. The quantitative estimate of drug-likeness (QED) is 0.835. The molecule has 0 saturated heterocycles. The highest BCUT2D eigenvalue weighted by molar-refractivity contribution is 5.30. The number of benzene rings is 1. The standard InChI is InChI=1S/C17H25N/c1-2-18-17-8-4-7-16(17)15-11-9-14(10-12-15)13-5-3-6-13/h9-13,16-18H,2-8H2,1H3. The molecular weight excluding hydrogens is 218 g/mol. The van der Waals surface area contributed by atoms with Gasteiger partial charge in [0.05, 0.1) is 0 Å². The van der Waals surface area contributed by atoms with E-state index in [0.717, 1.165) is 18.4 Å². The molecule has 98 valence electrons. The summed E-state index contributed by atoms with van der Waals surface area (Å²) < 4.78 is 0. The van der Waals surface area contributed by atoms with Gasteiger partial charge in [-0.1, -0.05) is 44.0 Å². The van der Waals surface area contributed by atoms with Crippen LogP contribution in [0, 0.1) is 0 Å². The Morgan fingerprint density at radius 3 is 2.22 bits per heavy atom. The van der Waals surface area contributed by atoms with E-state index in [2.05, 4.69) is 36.5 Å². The number of likely N-dealkylation sites (N-methyl/N-ethyl adjacent to an activating group) is 1. The lowest BCUT2D eigenvalue weighted by Gasteiger charge is -2.27. The lowest BCUT2D eigenvalue weighted by atomic mass is 9.79. The average molecular weight is 243 g/mol. The fourth-order valence-electron chi connectivity index (χ4n) is 3.62. The Bertz CT molecular complexity index is 377. The van der Waals surface area contributed by atoms with Crippen LogP contribution in [-0.4, -0.2) is 12.6 Å². The zero-order valence-electron chi connectivity index (χ0n) is 11.5. The Kier molecular flexibility index (Phi) is 3.69. The second-order valence-corrected chi connectivity index (χ2v) is 6.00. The SMILES string of the molecule is CCNC1CCCC1c1ccc(C2CCC2)cc1. The second kappa shape index (κ2) is 5.44. The van der Waals surface area contributed by atoms with Crippen LogP contribution in [0.2, 0.25) is 0 Å². The van der Waals surface area contributed by atoms with E-state index in [1.54, 1.807) is 11.1 Å². The van der Waals surface area contributed by atoms with Crippen molar-refractivity contribution in [2.75, 3.05) is 6.54 Å². The molecule has 18 heavy (non-hydrogen) atoms. The summed E-state index contributed by atoms with van der Waals surface area (Å²) in [6.07, 6.45) is 8.33. The molecule has 2 saturated carbocycles. The molecule has 1 aromatic rings. The van der Waals surface area contributed by atoms with Gasteiger partial charge in [0, 0.05) is 6.04 Å². The van der Waals surface area contributed by atoms with E-state index in [0.29, 0.717) is 6.04 Å². The van der Waals surface area contributed by atoms with Crippen molar-refractivity contribution in [2.45, 2.75) is 63.3 Å². The Balaban J connectivity index is 1.71. The number of hydrogen-bond donors (Lipinski definition) is 1. The fourth-order valence-corrected chi connectivity index (χ4v) is 3.62. The van der Waals surface area contributed by atoms with Crippen LogP contribution < -0.4 is 5.32 Å². The molecule has 0 heterocycles. The molecule has 1 heteroatoms. The third kappa shape index (κ3) is 2.33. The van der Waals surface area contributed by atoms with Crippen molar-refractivity contribution >= 4 is 0 Å². The van der Waals surface area contributed by atoms with E-state index >= 15 is 0 Å². The van der Waals surface area contributed by atoms with Gasteiger partial charge in [-0.05, 0) is 55.2 Å². The minimum Gasteiger partial charge on any atom is -0.314 e. The lowest BCUT2D eigenvalue weighted by molar-refractivity contribution is 0.419. The molecule has 2 aliphatic rings. The summed E-state index contributed by atoms with van der Waals surface area (Å²) >= 11 is 0. The van der Waals surface area contributed by atoms with Crippen molar-refractivity contribution in [3.05, 3.63) is 35.4 Å². The summed E-state index contributed by atoms with van der Waals surface area (Å²) in [5.74, 6) is 1.62. The molecule has 0 aliphatic heterocycles. The topological polar surface area (TPSA) is 12.0 Å². The first-order chi connectivity index (χ1) is 8.88. The van der Waals surface area contributed by atoms with Crippen LogP contribution in [0.4, 0.5) is 0 Å². The van der Waals surface area contributed by atoms with E-state index in [9.17, 15) is 0 Å². The monoisotopic (exact) mass is 243 g/mol. The third-order valence-corrected chi connectivity index (χ3v) is 4.92. The van der Waals surface area contributed by atoms with Gasteiger partial charge in [0.25, 0.3) is 0 Å². The van der Waals surface area contributed by atoms with E-state index in [1.807, 2.05) is 0 Å². The number of rotatable bonds is 4. The highest BCUT2D eigenvalue weighted by atomic mass is 14.9. The third-order valence-electron chi connectivity index (χ3n) is 4.92. The first kappa shape index (κ1) is 12.2. The molecule has 0 spiro atoms. The van der Waals surface area contributed by atoms with Gasteiger partial charge < -0.3 is 5.32 Å². The highest BCUT2D eigenvalue weighted by Crippen LogP contribution is 2.38. The minimum absolute atomic E-state index is 0.713. The summed E-state index contributed by atoms with van der Waals surface area (Å²) in [5.41, 5.74) is 3.13. The van der Waals surface area contributed by atoms with Crippen LogP contribution in [0.3, 0.4) is 0 Å².